The van der Waals surface area contributed by atoms with E-state index in [2.05, 4.69) is 38.2 Å². The van der Waals surface area contributed by atoms with Crippen molar-refractivity contribution < 1.29 is 34.8 Å². The normalized spacial score (nSPS) is 11.7. The molecule has 0 heterocycles. The molecule has 4 N–H and O–H groups in total. The molecule has 0 aliphatic carbocycles. The molecule has 0 saturated heterocycles. The quantitative estimate of drug-likeness (QED) is 0.0298. The minimum absolute atomic E-state index is 0.152. The molecule has 0 amide bonds. The van der Waals surface area contributed by atoms with Crippen molar-refractivity contribution in [1.82, 2.24) is 0 Å². The summed E-state index contributed by atoms with van der Waals surface area (Å²) in [5.74, 6) is -1.00. The third kappa shape index (κ3) is 37.1. The number of aliphatic carboxylic acids is 1. The summed E-state index contributed by atoms with van der Waals surface area (Å²) in [7, 11) is 0. The summed E-state index contributed by atoms with van der Waals surface area (Å²) in [6, 6.07) is 0. The Morgan fingerprint density at radius 3 is 1.12 bits per heavy atom. The van der Waals surface area contributed by atoms with E-state index in [1.165, 1.54) is 128 Å². The van der Waals surface area contributed by atoms with Gasteiger partial charge in [0.2, 0.25) is 0 Å². The Bertz CT molecular complexity index is 722. The second-order valence-corrected chi connectivity index (χ2v) is 13.7. The van der Waals surface area contributed by atoms with Gasteiger partial charge in [0.05, 0.1) is 25.2 Å². The Morgan fingerprint density at radius 1 is 0.479 bits per heavy atom. The van der Waals surface area contributed by atoms with Gasteiger partial charge in [-0.1, -0.05) is 141 Å². The van der Waals surface area contributed by atoms with Gasteiger partial charge in [0.25, 0.3) is 0 Å². The number of aliphatic hydroxyl groups excluding tert-OH is 3. The van der Waals surface area contributed by atoms with E-state index in [4.69, 9.17) is 9.84 Å². The molecule has 0 aromatic heterocycles. The lowest BCUT2D eigenvalue weighted by molar-refractivity contribution is -0.151. The van der Waals surface area contributed by atoms with Gasteiger partial charge >= 0.3 is 11.9 Å². The van der Waals surface area contributed by atoms with Crippen LogP contribution in [0.3, 0.4) is 0 Å². The Labute approximate surface area is 296 Å². The maximum atomic E-state index is 11.7. The molecule has 0 aromatic carbocycles. The molecule has 7 nitrogen and oxygen atoms in total. The average molecular weight is 683 g/mol. The first-order valence-electron chi connectivity index (χ1n) is 19.9. The van der Waals surface area contributed by atoms with E-state index in [0.29, 0.717) is 12.8 Å². The highest BCUT2D eigenvalue weighted by Gasteiger charge is 2.30. The summed E-state index contributed by atoms with van der Waals surface area (Å²) in [5, 5.41) is 36.1. The van der Waals surface area contributed by atoms with Crippen LogP contribution in [-0.2, 0) is 14.3 Å². The van der Waals surface area contributed by atoms with Crippen molar-refractivity contribution in [2.24, 2.45) is 5.41 Å². The van der Waals surface area contributed by atoms with E-state index >= 15 is 0 Å². The zero-order valence-electron chi connectivity index (χ0n) is 31.5. The monoisotopic (exact) mass is 683 g/mol. The van der Waals surface area contributed by atoms with Crippen LogP contribution in [0.25, 0.3) is 0 Å². The predicted octanol–water partition coefficient (Wildman–Crippen LogP) is 10.6. The van der Waals surface area contributed by atoms with Crippen LogP contribution in [0.2, 0.25) is 0 Å². The van der Waals surface area contributed by atoms with Gasteiger partial charge in [-0.2, -0.15) is 0 Å². The highest BCUT2D eigenvalue weighted by Crippen LogP contribution is 2.16. The molecule has 48 heavy (non-hydrogen) atoms. The van der Waals surface area contributed by atoms with Crippen molar-refractivity contribution in [2.75, 3.05) is 26.4 Å². The number of hydrogen-bond donors (Lipinski definition) is 4. The zero-order chi connectivity index (χ0) is 35.8. The van der Waals surface area contributed by atoms with Gasteiger partial charge in [0.1, 0.15) is 6.61 Å². The minimum Gasteiger partial charge on any atom is -0.481 e. The average Bonchev–Trinajstić information content (AvgIpc) is 3.09. The van der Waals surface area contributed by atoms with Crippen molar-refractivity contribution in [3.05, 3.63) is 24.3 Å². The van der Waals surface area contributed by atoms with Crippen LogP contribution >= 0.6 is 0 Å². The number of hydrogen-bond acceptors (Lipinski definition) is 6. The number of aliphatic hydroxyl groups is 3. The van der Waals surface area contributed by atoms with Crippen LogP contribution in [0.15, 0.2) is 24.3 Å². The van der Waals surface area contributed by atoms with Crippen molar-refractivity contribution in [1.29, 1.82) is 0 Å². The van der Waals surface area contributed by atoms with Gasteiger partial charge in [-0.05, 0) is 64.2 Å². The SMILES string of the molecule is CCCCCCCC/C=C\CCCCCCCC(=O)O.CCCCCCCC/C=C\CCCCCCCC(=O)OCC(CO)(CO)CO. The fraction of sp³-hybridized carbons (Fsp3) is 0.854. The largest absolute Gasteiger partial charge is 0.481 e. The van der Waals surface area contributed by atoms with Gasteiger partial charge in [-0.3, -0.25) is 9.59 Å². The fourth-order valence-corrected chi connectivity index (χ4v) is 5.28. The third-order valence-corrected chi connectivity index (χ3v) is 8.84. The molecule has 0 fully saturated rings. The number of carbonyl (C=O) groups excluding carboxylic acids is 1. The number of unbranched alkanes of at least 4 members (excludes halogenated alkanes) is 22. The molecule has 0 aromatic rings. The predicted molar refractivity (Wildman–Crippen MR) is 201 cm³/mol. The Morgan fingerprint density at radius 2 is 0.792 bits per heavy atom. The lowest BCUT2D eigenvalue weighted by Crippen LogP contribution is -2.39. The van der Waals surface area contributed by atoms with Crippen LogP contribution in [0.4, 0.5) is 0 Å². The first-order chi connectivity index (χ1) is 23.4. The molecular formula is C41H78O7. The number of esters is 1. The molecule has 284 valence electrons. The Balaban J connectivity index is 0. The fourth-order valence-electron chi connectivity index (χ4n) is 5.28. The number of allylic oxidation sites excluding steroid dienone is 4. The molecule has 0 aliphatic heterocycles. The summed E-state index contributed by atoms with van der Waals surface area (Å²) >= 11 is 0. The van der Waals surface area contributed by atoms with Crippen LogP contribution in [-0.4, -0.2) is 58.8 Å². The summed E-state index contributed by atoms with van der Waals surface area (Å²) in [6.07, 6.45) is 41.9. The lowest BCUT2D eigenvalue weighted by atomic mass is 9.93. The molecule has 0 aliphatic rings. The molecule has 0 atom stereocenters. The summed E-state index contributed by atoms with van der Waals surface area (Å²) in [4.78, 5) is 22.0. The van der Waals surface area contributed by atoms with E-state index in [1.54, 1.807) is 0 Å². The van der Waals surface area contributed by atoms with Gasteiger partial charge in [0.15, 0.2) is 0 Å². The number of carboxylic acid groups (broad SMARTS) is 1. The van der Waals surface area contributed by atoms with Crippen LogP contribution in [0.5, 0.6) is 0 Å². The van der Waals surface area contributed by atoms with Crippen molar-refractivity contribution >= 4 is 11.9 Å². The number of ether oxygens (including phenoxy) is 1. The van der Waals surface area contributed by atoms with Crippen LogP contribution in [0.1, 0.15) is 194 Å². The summed E-state index contributed by atoms with van der Waals surface area (Å²) < 4.78 is 5.07. The van der Waals surface area contributed by atoms with Gasteiger partial charge in [-0.15, -0.1) is 0 Å². The highest BCUT2D eigenvalue weighted by molar-refractivity contribution is 5.69. The minimum atomic E-state index is -1.14. The summed E-state index contributed by atoms with van der Waals surface area (Å²) in [6.45, 7) is 3.11. The standard InChI is InChI=1S/C23H44O5.C18H34O2/c1-2-3-4-5-6-7-8-9-10-11-12-13-14-15-16-17-22(27)28-21-23(18-24,19-25)20-26;1-2-3-4-5-6-7-8-9-10-11-12-13-14-15-16-17-18(19)20/h9-10,24-26H,2-8,11-21H2,1H3;9-10H,2-8,11-17H2,1H3,(H,19,20)/b2*10-9-. The Hall–Kier alpha value is -1.70. The van der Waals surface area contributed by atoms with Gasteiger partial charge in [-0.25, -0.2) is 0 Å². The van der Waals surface area contributed by atoms with Gasteiger partial charge in [0, 0.05) is 12.8 Å². The number of carbonyl (C=O) groups is 2. The van der Waals surface area contributed by atoms with Crippen molar-refractivity contribution in [3.63, 3.8) is 0 Å². The molecular weight excluding hydrogens is 604 g/mol. The molecule has 0 saturated carbocycles. The maximum Gasteiger partial charge on any atom is 0.305 e. The summed E-state index contributed by atoms with van der Waals surface area (Å²) in [5.41, 5.74) is -1.14. The van der Waals surface area contributed by atoms with E-state index in [0.717, 1.165) is 38.5 Å². The smallest absolute Gasteiger partial charge is 0.305 e. The van der Waals surface area contributed by atoms with E-state index in [-0.39, 0.29) is 12.6 Å². The zero-order valence-corrected chi connectivity index (χ0v) is 31.5. The van der Waals surface area contributed by atoms with Crippen molar-refractivity contribution in [2.45, 2.75) is 194 Å². The molecule has 0 unspecified atom stereocenters. The van der Waals surface area contributed by atoms with Gasteiger partial charge < -0.3 is 25.2 Å². The molecule has 0 radical (unpaired) electrons. The highest BCUT2D eigenvalue weighted by atomic mass is 16.5. The lowest BCUT2D eigenvalue weighted by Gasteiger charge is -2.26. The third-order valence-electron chi connectivity index (χ3n) is 8.84. The van der Waals surface area contributed by atoms with E-state index in [1.807, 2.05) is 0 Å². The molecule has 7 heteroatoms. The van der Waals surface area contributed by atoms with Crippen molar-refractivity contribution in [3.8, 4) is 0 Å². The molecule has 0 bridgehead atoms. The first kappa shape index (κ1) is 48.4. The van der Waals surface area contributed by atoms with Crippen LogP contribution in [0, 0.1) is 5.41 Å². The first-order valence-corrected chi connectivity index (χ1v) is 19.9. The Kier molecular flexibility index (Phi) is 40.1. The number of carboxylic acids is 1. The molecule has 0 spiro atoms. The second-order valence-electron chi connectivity index (χ2n) is 13.7. The maximum absolute atomic E-state index is 11.7. The molecule has 0 rings (SSSR count). The topological polar surface area (TPSA) is 124 Å². The second kappa shape index (κ2) is 39.7. The van der Waals surface area contributed by atoms with Crippen LogP contribution < -0.4 is 0 Å². The number of rotatable bonds is 35. The van der Waals surface area contributed by atoms with E-state index in [9.17, 15) is 24.9 Å². The van der Waals surface area contributed by atoms with E-state index < -0.39 is 31.2 Å².